The summed E-state index contributed by atoms with van der Waals surface area (Å²) in [6.45, 7) is 51.6. The number of thioether (sulfide) groups is 1. The first-order chi connectivity index (χ1) is 47.1. The fraction of sp³-hybridized carbons (Fsp3) is 0.848. The van der Waals surface area contributed by atoms with Crippen LogP contribution in [-0.4, -0.2) is 221 Å². The number of likely N-dealkylation sites (tertiary alicyclic amines) is 1. The van der Waals surface area contributed by atoms with Crippen LogP contribution >= 0.6 is 11.8 Å². The number of benzene rings is 1. The summed E-state index contributed by atoms with van der Waals surface area (Å²) < 4.78 is 5.24. The molecule has 1 aromatic carbocycles. The van der Waals surface area contributed by atoms with Crippen LogP contribution in [0.3, 0.4) is 0 Å². The zero-order valence-corrected chi connectivity index (χ0v) is 67.0. The minimum Gasteiger partial charge on any atom is -0.379 e. The molecule has 0 atom stereocenters. The predicted octanol–water partition coefficient (Wildman–Crippen LogP) is 11.6. The van der Waals surface area contributed by atoms with Crippen molar-refractivity contribution in [3.63, 3.8) is 0 Å². The minimum absolute atomic E-state index is 0.00845. The van der Waals surface area contributed by atoms with Gasteiger partial charge in [0.1, 0.15) is 0 Å². The number of anilines is 1. The number of para-hydroxylation sites is 1. The Morgan fingerprint density at radius 3 is 1.35 bits per heavy atom. The van der Waals surface area contributed by atoms with E-state index in [-0.39, 0.29) is 71.0 Å². The summed E-state index contributed by atoms with van der Waals surface area (Å²) in [5.74, 6) is 4.73. The Hall–Kier alpha value is -3.89. The van der Waals surface area contributed by atoms with Gasteiger partial charge in [0.25, 0.3) is 0 Å². The highest BCUT2D eigenvalue weighted by Crippen LogP contribution is 2.38. The van der Waals surface area contributed by atoms with Crippen LogP contribution in [0.1, 0.15) is 225 Å². The standard InChI is InChI=1S/C18H28N2O.C17H34N2O.C14H28N2O.C10H20N2O2.C10H20N2OS.C10H20N2O/c1-14(2)18(21)19-17-12-8-7-9-15(17)13-20(3)16-10-5-4-6-11-16;1-13(2)16(20)19-12-6-11-18-15-9-7-14(8-10-15)17(3,4)5;1-4-16(13-8-6-5-7-9-13)11-10-15-14(17)12(2)3;2*1-9(2)10(13)11-3-4-12-5-7-14-8-6-12;1-9(2)10(13)11-5-8-12-6-3-4-7-12/h7-9,12,14,16H,4-6,10-11,13H2,1-3H3,(H,19,21);13-15,18H,6-12H2,1-5H3,(H,19,20);12-13H,4-11H2,1-3H3,(H,15,17);2*9H,3-8H2,1-2H3,(H,11,13);9H,3-8H2,1-2H3,(H,11,13). The molecule has 0 radical (unpaired) electrons. The number of hydrogen-bond acceptors (Lipinski definition) is 14. The highest BCUT2D eigenvalue weighted by atomic mass is 32.2. The number of nitrogens with one attached hydrogen (secondary N) is 7. The Labute approximate surface area is 609 Å². The van der Waals surface area contributed by atoms with Crippen molar-refractivity contribution in [2.45, 2.75) is 245 Å². The van der Waals surface area contributed by atoms with Crippen LogP contribution in [-0.2, 0) is 40.0 Å². The Balaban J connectivity index is 0.000000408. The number of morpholine rings is 1. The Morgan fingerprint density at radius 2 is 0.909 bits per heavy atom. The molecule has 6 aliphatic rings. The first kappa shape index (κ1) is 91.2. The number of amides is 6. The van der Waals surface area contributed by atoms with Gasteiger partial charge in [0, 0.05) is 162 Å². The predicted molar refractivity (Wildman–Crippen MR) is 416 cm³/mol. The van der Waals surface area contributed by atoms with Gasteiger partial charge in [-0.1, -0.05) is 168 Å². The lowest BCUT2D eigenvalue weighted by atomic mass is 9.71. The molecule has 0 spiro atoms. The average molecular weight is 1410 g/mol. The van der Waals surface area contributed by atoms with Crippen molar-refractivity contribution in [3.05, 3.63) is 29.8 Å². The van der Waals surface area contributed by atoms with Crippen molar-refractivity contribution in [1.82, 2.24) is 56.4 Å². The SMILES string of the molecule is CC(C)C(=O)NCCCNC1CCC(C(C)(C)C)CC1.CC(C)C(=O)NCCN1CCCC1.CC(C)C(=O)NCCN1CCOCC1.CC(C)C(=O)NCCN1CCSCC1.CC(C)C(=O)Nc1ccccc1CN(C)C1CCCCC1.CCN(CCNC(=O)C(C)C)C1CCCCC1. The maximum absolute atomic E-state index is 11.9. The first-order valence-corrected chi connectivity index (χ1v) is 40.6. The van der Waals surface area contributed by atoms with Gasteiger partial charge in [0.05, 0.1) is 13.2 Å². The summed E-state index contributed by atoms with van der Waals surface area (Å²) in [7, 11) is 2.21. The summed E-state index contributed by atoms with van der Waals surface area (Å²) >= 11 is 2.01. The molecular weight excluding hydrogens is 1260 g/mol. The third-order valence-electron chi connectivity index (χ3n) is 19.9. The number of ether oxygens (including phenoxy) is 1. The number of rotatable bonds is 29. The summed E-state index contributed by atoms with van der Waals surface area (Å²) in [4.78, 5) is 80.6. The Morgan fingerprint density at radius 1 is 0.495 bits per heavy atom. The maximum atomic E-state index is 11.9. The fourth-order valence-corrected chi connectivity index (χ4v) is 13.8. The molecule has 1 aromatic rings. The van der Waals surface area contributed by atoms with Crippen LogP contribution in [0.5, 0.6) is 0 Å². The van der Waals surface area contributed by atoms with E-state index in [0.717, 1.165) is 129 Å². The molecule has 3 aliphatic heterocycles. The van der Waals surface area contributed by atoms with Crippen molar-refractivity contribution in [2.24, 2.45) is 46.8 Å². The quantitative estimate of drug-likeness (QED) is 0.0372. The molecule has 0 bridgehead atoms. The van der Waals surface area contributed by atoms with E-state index >= 15 is 0 Å². The second-order valence-electron chi connectivity index (χ2n) is 31.3. The van der Waals surface area contributed by atoms with Crippen molar-refractivity contribution in [3.8, 4) is 0 Å². The van der Waals surface area contributed by atoms with Crippen molar-refractivity contribution >= 4 is 52.9 Å². The molecule has 99 heavy (non-hydrogen) atoms. The van der Waals surface area contributed by atoms with E-state index in [1.54, 1.807) is 0 Å². The molecule has 3 saturated carbocycles. The highest BCUT2D eigenvalue weighted by molar-refractivity contribution is 7.99. The normalized spacial score (nSPS) is 19.0. The lowest BCUT2D eigenvalue weighted by Gasteiger charge is -2.37. The maximum Gasteiger partial charge on any atom is 0.226 e. The van der Waals surface area contributed by atoms with Gasteiger partial charge < -0.3 is 46.9 Å². The van der Waals surface area contributed by atoms with Gasteiger partial charge in [-0.2, -0.15) is 11.8 Å². The van der Waals surface area contributed by atoms with Crippen LogP contribution in [0.15, 0.2) is 24.3 Å². The van der Waals surface area contributed by atoms with Crippen molar-refractivity contribution < 1.29 is 33.5 Å². The molecule has 574 valence electrons. The van der Waals surface area contributed by atoms with Gasteiger partial charge in [0.15, 0.2) is 0 Å². The van der Waals surface area contributed by atoms with Gasteiger partial charge in [-0.15, -0.1) is 0 Å². The summed E-state index contributed by atoms with van der Waals surface area (Å²) in [6.07, 6.45) is 22.5. The van der Waals surface area contributed by atoms with E-state index in [1.165, 1.54) is 146 Å². The zero-order chi connectivity index (χ0) is 73.5. The van der Waals surface area contributed by atoms with Gasteiger partial charge >= 0.3 is 0 Å². The second-order valence-corrected chi connectivity index (χ2v) is 32.6. The van der Waals surface area contributed by atoms with E-state index in [9.17, 15) is 28.8 Å². The highest BCUT2D eigenvalue weighted by Gasteiger charge is 2.30. The molecule has 3 saturated heterocycles. The summed E-state index contributed by atoms with van der Waals surface area (Å²) in [6, 6.07) is 10.3. The topological polar surface area (TPSA) is 212 Å². The van der Waals surface area contributed by atoms with Crippen LogP contribution in [0, 0.1) is 46.8 Å². The zero-order valence-electron chi connectivity index (χ0n) is 66.2. The van der Waals surface area contributed by atoms with Gasteiger partial charge in [-0.3, -0.25) is 48.4 Å². The molecule has 3 aliphatic carbocycles. The monoisotopic (exact) mass is 1410 g/mol. The first-order valence-electron chi connectivity index (χ1n) is 39.4. The largest absolute Gasteiger partial charge is 0.379 e. The third-order valence-corrected chi connectivity index (χ3v) is 20.8. The van der Waals surface area contributed by atoms with Gasteiger partial charge in [-0.25, -0.2) is 0 Å². The van der Waals surface area contributed by atoms with Gasteiger partial charge in [-0.05, 0) is 127 Å². The van der Waals surface area contributed by atoms with Crippen LogP contribution in [0.2, 0.25) is 0 Å². The molecule has 19 nitrogen and oxygen atoms in total. The average Bonchev–Trinajstić information content (AvgIpc) is 1.64. The molecule has 20 heteroatoms. The second kappa shape index (κ2) is 53.8. The van der Waals surface area contributed by atoms with Crippen LogP contribution in [0.4, 0.5) is 5.69 Å². The smallest absolute Gasteiger partial charge is 0.226 e. The molecule has 7 rings (SSSR count). The lowest BCUT2D eigenvalue weighted by Crippen LogP contribution is -2.42. The molecule has 6 amide bonds. The number of likely N-dealkylation sites (N-methyl/N-ethyl adjacent to an activating group) is 1. The Bertz CT molecular complexity index is 2240. The summed E-state index contributed by atoms with van der Waals surface area (Å²) in [5, 5.41) is 21.4. The molecule has 3 heterocycles. The van der Waals surface area contributed by atoms with Gasteiger partial charge in [0.2, 0.25) is 35.4 Å². The minimum atomic E-state index is 0.00845. The molecule has 0 unspecified atom stereocenters. The molecular formula is C79H150N12O7S. The van der Waals surface area contributed by atoms with E-state index in [2.05, 4.69) is 109 Å². The van der Waals surface area contributed by atoms with E-state index < -0.39 is 0 Å². The van der Waals surface area contributed by atoms with Crippen molar-refractivity contribution in [2.75, 3.05) is 148 Å². The lowest BCUT2D eigenvalue weighted by molar-refractivity contribution is -0.124. The number of hydrogen-bond donors (Lipinski definition) is 7. The summed E-state index contributed by atoms with van der Waals surface area (Å²) in [5.41, 5.74) is 2.63. The van der Waals surface area contributed by atoms with Crippen LogP contribution in [0.25, 0.3) is 0 Å². The van der Waals surface area contributed by atoms with Crippen molar-refractivity contribution in [1.29, 1.82) is 0 Å². The van der Waals surface area contributed by atoms with E-state index in [4.69, 9.17) is 4.74 Å². The number of carbonyl (C=O) groups excluding carboxylic acids is 6. The molecule has 6 fully saturated rings. The van der Waals surface area contributed by atoms with E-state index in [1.807, 2.05) is 107 Å². The number of nitrogens with zero attached hydrogens (tertiary/aromatic N) is 5. The van der Waals surface area contributed by atoms with E-state index in [0.29, 0.717) is 17.5 Å². The fourth-order valence-electron chi connectivity index (χ4n) is 12.8. The molecule has 7 N–H and O–H groups in total. The third kappa shape index (κ3) is 43.1. The van der Waals surface area contributed by atoms with Crippen LogP contribution < -0.4 is 37.2 Å². The number of carbonyl (C=O) groups is 6. The Kier molecular flexibility index (Phi) is 49.6. The molecule has 0 aromatic heterocycles.